The summed E-state index contributed by atoms with van der Waals surface area (Å²) in [6.07, 6.45) is 0. The van der Waals surface area contributed by atoms with E-state index in [4.69, 9.17) is 0 Å². The molecule has 0 aliphatic carbocycles. The van der Waals surface area contributed by atoms with Crippen LogP contribution in [-0.4, -0.2) is 15.2 Å². The van der Waals surface area contributed by atoms with Gasteiger partial charge in [-0.25, -0.2) is 0 Å². The van der Waals surface area contributed by atoms with Gasteiger partial charge < -0.3 is 4.98 Å². The maximum absolute atomic E-state index is 4.29. The van der Waals surface area contributed by atoms with Crippen LogP contribution in [0.15, 0.2) is 60.7 Å². The first-order chi connectivity index (χ1) is 9.42. The summed E-state index contributed by atoms with van der Waals surface area (Å²) < 4.78 is 0. The van der Waals surface area contributed by atoms with E-state index in [-0.39, 0.29) is 0 Å². The van der Waals surface area contributed by atoms with Crippen molar-refractivity contribution in [2.75, 3.05) is 0 Å². The summed E-state index contributed by atoms with van der Waals surface area (Å²) in [6, 6.07) is 20.4. The second-order valence-corrected chi connectivity index (χ2v) is 4.53. The molecule has 0 spiro atoms. The zero-order valence-corrected chi connectivity index (χ0v) is 10.2. The molecule has 1 N–H and O–H groups in total. The minimum absolute atomic E-state index is 0.834. The second kappa shape index (κ2) is 3.92. The Hall–Kier alpha value is -2.68. The minimum atomic E-state index is 0.834. The van der Waals surface area contributed by atoms with E-state index in [0.29, 0.717) is 0 Å². The van der Waals surface area contributed by atoms with Crippen LogP contribution in [0.3, 0.4) is 0 Å². The lowest BCUT2D eigenvalue weighted by molar-refractivity contribution is 1.07. The Bertz CT molecular complexity index is 863. The van der Waals surface area contributed by atoms with Gasteiger partial charge in [-0.15, -0.1) is 10.2 Å². The Labute approximate surface area is 109 Å². The quantitative estimate of drug-likeness (QED) is 0.554. The van der Waals surface area contributed by atoms with Gasteiger partial charge in [0.1, 0.15) is 0 Å². The highest BCUT2D eigenvalue weighted by molar-refractivity contribution is 6.06. The Morgan fingerprint density at radius 2 is 1.53 bits per heavy atom. The van der Waals surface area contributed by atoms with Crippen LogP contribution in [0.5, 0.6) is 0 Å². The Morgan fingerprint density at radius 1 is 0.737 bits per heavy atom. The fourth-order valence-electron chi connectivity index (χ4n) is 2.39. The molecule has 2 heterocycles. The van der Waals surface area contributed by atoms with Crippen LogP contribution in [0.25, 0.3) is 33.2 Å². The van der Waals surface area contributed by atoms with Crippen LogP contribution in [-0.2, 0) is 0 Å². The van der Waals surface area contributed by atoms with Crippen LogP contribution < -0.4 is 0 Å². The lowest BCUT2D eigenvalue weighted by atomic mass is 10.1. The number of hydrogen-bond acceptors (Lipinski definition) is 2. The monoisotopic (exact) mass is 245 g/mol. The van der Waals surface area contributed by atoms with Crippen molar-refractivity contribution in [3.05, 3.63) is 60.7 Å². The molecule has 2 aromatic carbocycles. The van der Waals surface area contributed by atoms with Gasteiger partial charge in [0.05, 0.1) is 5.69 Å². The summed E-state index contributed by atoms with van der Waals surface area (Å²) in [6.45, 7) is 0. The molecule has 0 saturated carbocycles. The van der Waals surface area contributed by atoms with Gasteiger partial charge in [-0.2, -0.15) is 0 Å². The molecule has 90 valence electrons. The summed E-state index contributed by atoms with van der Waals surface area (Å²) in [7, 11) is 0. The number of nitrogens with zero attached hydrogens (tertiary/aromatic N) is 2. The lowest BCUT2D eigenvalue weighted by Crippen LogP contribution is -1.87. The van der Waals surface area contributed by atoms with Gasteiger partial charge in [0.15, 0.2) is 5.65 Å². The molecule has 4 aromatic rings. The second-order valence-electron chi connectivity index (χ2n) is 4.53. The molecule has 0 fully saturated rings. The predicted octanol–water partition coefficient (Wildman–Crippen LogP) is 3.78. The zero-order chi connectivity index (χ0) is 12.7. The first-order valence-electron chi connectivity index (χ1n) is 6.21. The summed E-state index contributed by atoms with van der Waals surface area (Å²) in [5.74, 6) is 0. The van der Waals surface area contributed by atoms with Gasteiger partial charge in [-0.3, -0.25) is 0 Å². The van der Waals surface area contributed by atoms with Crippen LogP contribution in [0, 0.1) is 0 Å². The molecule has 2 aromatic heterocycles. The molecule has 3 nitrogen and oxygen atoms in total. The summed E-state index contributed by atoms with van der Waals surface area (Å²) in [4.78, 5) is 3.28. The fourth-order valence-corrected chi connectivity index (χ4v) is 2.39. The molecular formula is C16H11N3. The Morgan fingerprint density at radius 3 is 2.42 bits per heavy atom. The third-order valence-corrected chi connectivity index (χ3v) is 3.33. The number of para-hydroxylation sites is 1. The number of rotatable bonds is 1. The normalized spacial score (nSPS) is 11.2. The van der Waals surface area contributed by atoms with Crippen molar-refractivity contribution < 1.29 is 0 Å². The van der Waals surface area contributed by atoms with E-state index in [2.05, 4.69) is 33.4 Å². The van der Waals surface area contributed by atoms with E-state index in [1.165, 1.54) is 5.39 Å². The van der Waals surface area contributed by atoms with E-state index >= 15 is 0 Å². The summed E-state index contributed by atoms with van der Waals surface area (Å²) in [5.41, 5.74) is 3.91. The van der Waals surface area contributed by atoms with Gasteiger partial charge >= 0.3 is 0 Å². The number of aromatic nitrogens is 3. The smallest absolute Gasteiger partial charge is 0.161 e. The fraction of sp³-hybridized carbons (Fsp3) is 0. The Balaban J connectivity index is 2.03. The number of benzene rings is 2. The van der Waals surface area contributed by atoms with Crippen LogP contribution in [0.1, 0.15) is 0 Å². The summed E-state index contributed by atoms with van der Waals surface area (Å²) >= 11 is 0. The zero-order valence-electron chi connectivity index (χ0n) is 10.2. The van der Waals surface area contributed by atoms with Gasteiger partial charge in [-0.1, -0.05) is 48.5 Å². The Kier molecular flexibility index (Phi) is 2.12. The minimum Gasteiger partial charge on any atom is -0.338 e. The number of nitrogens with one attached hydrogen (secondary N) is 1. The van der Waals surface area contributed by atoms with Gasteiger partial charge in [0, 0.05) is 21.9 Å². The largest absolute Gasteiger partial charge is 0.338 e. The van der Waals surface area contributed by atoms with Crippen molar-refractivity contribution in [1.82, 2.24) is 15.2 Å². The molecule has 0 radical (unpaired) electrons. The van der Waals surface area contributed by atoms with Crippen LogP contribution in [0.4, 0.5) is 0 Å². The van der Waals surface area contributed by atoms with Gasteiger partial charge in [0.2, 0.25) is 0 Å². The molecule has 19 heavy (non-hydrogen) atoms. The molecule has 0 bridgehead atoms. The predicted molar refractivity (Wildman–Crippen MR) is 76.8 cm³/mol. The maximum Gasteiger partial charge on any atom is 0.161 e. The topological polar surface area (TPSA) is 41.6 Å². The molecule has 0 saturated heterocycles. The van der Waals surface area contributed by atoms with Crippen molar-refractivity contribution in [2.45, 2.75) is 0 Å². The molecule has 0 aliphatic heterocycles. The van der Waals surface area contributed by atoms with Crippen molar-refractivity contribution in [2.24, 2.45) is 0 Å². The average Bonchev–Trinajstić information content (AvgIpc) is 2.86. The van der Waals surface area contributed by atoms with E-state index in [9.17, 15) is 0 Å². The standard InChI is InChI=1S/C16H11N3/c1-2-6-11(7-3-1)15-10-13-12-8-4-5-9-14(12)17-16(13)19-18-15/h1-10H,(H,17,19). The SMILES string of the molecule is c1ccc(-c2cc3c(nn2)[nH]c2ccccc23)cc1. The molecule has 0 atom stereocenters. The van der Waals surface area contributed by atoms with Gasteiger partial charge in [-0.05, 0) is 12.1 Å². The first kappa shape index (κ1) is 10.3. The van der Waals surface area contributed by atoms with Gasteiger partial charge in [0.25, 0.3) is 0 Å². The molecule has 3 heteroatoms. The number of H-pyrrole nitrogens is 1. The van der Waals surface area contributed by atoms with Crippen LogP contribution >= 0.6 is 0 Å². The third kappa shape index (κ3) is 1.59. The maximum atomic E-state index is 4.29. The van der Waals surface area contributed by atoms with E-state index in [1.54, 1.807) is 0 Å². The van der Waals surface area contributed by atoms with Crippen molar-refractivity contribution in [3.63, 3.8) is 0 Å². The number of aromatic amines is 1. The number of fused-ring (bicyclic) bond motifs is 3. The third-order valence-electron chi connectivity index (χ3n) is 3.33. The van der Waals surface area contributed by atoms with Crippen molar-refractivity contribution in [3.8, 4) is 11.3 Å². The molecule has 0 amide bonds. The van der Waals surface area contributed by atoms with E-state index in [0.717, 1.165) is 27.8 Å². The van der Waals surface area contributed by atoms with Crippen molar-refractivity contribution in [1.29, 1.82) is 0 Å². The average molecular weight is 245 g/mol. The molecule has 4 rings (SSSR count). The first-order valence-corrected chi connectivity index (χ1v) is 6.21. The number of hydrogen-bond donors (Lipinski definition) is 1. The molecule has 0 unspecified atom stereocenters. The highest BCUT2D eigenvalue weighted by atomic mass is 15.1. The summed E-state index contributed by atoms with van der Waals surface area (Å²) in [5, 5.41) is 10.9. The van der Waals surface area contributed by atoms with Crippen LogP contribution in [0.2, 0.25) is 0 Å². The lowest BCUT2D eigenvalue weighted by Gasteiger charge is -1.99. The van der Waals surface area contributed by atoms with E-state index in [1.807, 2.05) is 42.5 Å². The molecule has 0 aliphatic rings. The highest BCUT2D eigenvalue weighted by Crippen LogP contribution is 2.26. The highest BCUT2D eigenvalue weighted by Gasteiger charge is 2.07. The molecular weight excluding hydrogens is 234 g/mol. The van der Waals surface area contributed by atoms with Crippen molar-refractivity contribution >= 4 is 21.9 Å². The van der Waals surface area contributed by atoms with E-state index < -0.39 is 0 Å².